The summed E-state index contributed by atoms with van der Waals surface area (Å²) in [6, 6.07) is 3.08. The van der Waals surface area contributed by atoms with E-state index in [2.05, 4.69) is 10.3 Å². The maximum Gasteiger partial charge on any atom is 0.397 e. The Labute approximate surface area is 120 Å². The third-order valence-electron chi connectivity index (χ3n) is 2.98. The van der Waals surface area contributed by atoms with E-state index in [9.17, 15) is 18.0 Å². The van der Waals surface area contributed by atoms with Gasteiger partial charge in [0.15, 0.2) is 0 Å². The summed E-state index contributed by atoms with van der Waals surface area (Å²) in [7, 11) is 0. The topological polar surface area (TPSA) is 45.2 Å². The molecular weight excluding hydrogens is 295 g/mol. The van der Waals surface area contributed by atoms with Gasteiger partial charge in [-0.15, -0.1) is 12.4 Å². The summed E-state index contributed by atoms with van der Waals surface area (Å²) in [5.41, 5.74) is 0.741. The van der Waals surface area contributed by atoms with Crippen LogP contribution in [0.25, 0.3) is 0 Å². The van der Waals surface area contributed by atoms with Gasteiger partial charge in [0, 0.05) is 32.0 Å². The summed E-state index contributed by atoms with van der Waals surface area (Å²) in [5.74, 6) is -0.886. The zero-order valence-corrected chi connectivity index (χ0v) is 11.4. The molecule has 1 fully saturated rings. The van der Waals surface area contributed by atoms with Gasteiger partial charge >= 0.3 is 6.18 Å². The van der Waals surface area contributed by atoms with Crippen LogP contribution >= 0.6 is 12.4 Å². The zero-order chi connectivity index (χ0) is 13.9. The van der Waals surface area contributed by atoms with E-state index in [1.165, 1.54) is 4.90 Å². The van der Waals surface area contributed by atoms with Crippen molar-refractivity contribution in [3.63, 3.8) is 0 Å². The molecule has 1 aliphatic heterocycles. The van der Waals surface area contributed by atoms with Gasteiger partial charge < -0.3 is 10.2 Å². The average Bonchev–Trinajstić information content (AvgIpc) is 2.38. The third-order valence-corrected chi connectivity index (χ3v) is 2.98. The van der Waals surface area contributed by atoms with Crippen molar-refractivity contribution in [3.8, 4) is 0 Å². The van der Waals surface area contributed by atoms with Gasteiger partial charge in [-0.25, -0.2) is 0 Å². The molecule has 1 aromatic heterocycles. The fourth-order valence-electron chi connectivity index (χ4n) is 2.15. The highest BCUT2D eigenvalue weighted by Crippen LogP contribution is 2.26. The lowest BCUT2D eigenvalue weighted by Crippen LogP contribution is -2.49. The summed E-state index contributed by atoms with van der Waals surface area (Å²) in [5, 5.41) is 3.08. The molecule has 20 heavy (non-hydrogen) atoms. The van der Waals surface area contributed by atoms with Crippen molar-refractivity contribution in [2.24, 2.45) is 0 Å². The molecule has 0 aliphatic carbocycles. The second-order valence-corrected chi connectivity index (χ2v) is 4.39. The van der Waals surface area contributed by atoms with Gasteiger partial charge in [-0.2, -0.15) is 13.2 Å². The molecule has 1 aromatic rings. The van der Waals surface area contributed by atoms with Crippen LogP contribution in [0.5, 0.6) is 0 Å². The van der Waals surface area contributed by atoms with E-state index >= 15 is 0 Å². The van der Waals surface area contributed by atoms with Gasteiger partial charge in [-0.05, 0) is 11.6 Å². The maximum absolute atomic E-state index is 12.3. The predicted octanol–water partition coefficient (Wildman–Crippen LogP) is 1.93. The second-order valence-electron chi connectivity index (χ2n) is 4.39. The van der Waals surface area contributed by atoms with Crippen LogP contribution in [-0.2, 0) is 4.79 Å². The van der Waals surface area contributed by atoms with E-state index in [4.69, 9.17) is 0 Å². The molecule has 4 nitrogen and oxygen atoms in total. The first-order valence-electron chi connectivity index (χ1n) is 5.94. The average molecular weight is 310 g/mol. The Morgan fingerprint density at radius 2 is 2.25 bits per heavy atom. The van der Waals surface area contributed by atoms with Crippen LogP contribution in [0.1, 0.15) is 18.0 Å². The van der Waals surface area contributed by atoms with Crippen LogP contribution in [0, 0.1) is 0 Å². The lowest BCUT2D eigenvalue weighted by molar-refractivity contribution is -0.163. The van der Waals surface area contributed by atoms with E-state index in [1.54, 1.807) is 24.5 Å². The van der Waals surface area contributed by atoms with Gasteiger partial charge in [-0.1, -0.05) is 6.07 Å². The fraction of sp³-hybridized carbons (Fsp3) is 0.500. The van der Waals surface area contributed by atoms with E-state index in [1.807, 2.05) is 0 Å². The SMILES string of the molecule is Cl.O=C(CC(F)(F)F)N1CCNCC1c1cccnc1. The predicted molar refractivity (Wildman–Crippen MR) is 69.5 cm³/mol. The first kappa shape index (κ1) is 16.7. The standard InChI is InChI=1S/C12H14F3N3O.ClH/c13-12(14,15)6-11(19)18-5-4-17-8-10(18)9-2-1-3-16-7-9;/h1-3,7,10,17H,4-6,8H2;1H. The van der Waals surface area contributed by atoms with Gasteiger partial charge in [0.05, 0.1) is 6.04 Å². The highest BCUT2D eigenvalue weighted by atomic mass is 35.5. The monoisotopic (exact) mass is 309 g/mol. The van der Waals surface area contributed by atoms with Crippen LogP contribution in [0.3, 0.4) is 0 Å². The number of nitrogens with zero attached hydrogens (tertiary/aromatic N) is 2. The van der Waals surface area contributed by atoms with Crippen molar-refractivity contribution < 1.29 is 18.0 Å². The molecule has 1 N–H and O–H groups in total. The normalized spacial score (nSPS) is 19.4. The van der Waals surface area contributed by atoms with Crippen molar-refractivity contribution >= 4 is 18.3 Å². The number of amides is 1. The fourth-order valence-corrected chi connectivity index (χ4v) is 2.15. The summed E-state index contributed by atoms with van der Waals surface area (Å²) in [6.07, 6.45) is -2.72. The van der Waals surface area contributed by atoms with Crippen molar-refractivity contribution in [2.45, 2.75) is 18.6 Å². The van der Waals surface area contributed by atoms with Gasteiger partial charge in [-0.3, -0.25) is 9.78 Å². The maximum atomic E-state index is 12.3. The number of nitrogens with one attached hydrogen (secondary N) is 1. The Morgan fingerprint density at radius 1 is 1.50 bits per heavy atom. The molecule has 0 radical (unpaired) electrons. The molecule has 1 amide bonds. The number of carbonyl (C=O) groups is 1. The second kappa shape index (κ2) is 6.90. The number of hydrogen-bond donors (Lipinski definition) is 1. The molecule has 1 aliphatic rings. The molecule has 1 atom stereocenters. The third kappa shape index (κ3) is 4.35. The first-order chi connectivity index (χ1) is 8.97. The smallest absolute Gasteiger partial charge is 0.333 e. The van der Waals surface area contributed by atoms with Crippen LogP contribution in [0.15, 0.2) is 24.5 Å². The van der Waals surface area contributed by atoms with Crippen molar-refractivity contribution in [1.29, 1.82) is 0 Å². The highest BCUT2D eigenvalue weighted by molar-refractivity contribution is 5.85. The van der Waals surface area contributed by atoms with Crippen LogP contribution in [0.2, 0.25) is 0 Å². The minimum Gasteiger partial charge on any atom is -0.333 e. The molecule has 8 heteroatoms. The number of piperazine rings is 1. The van der Waals surface area contributed by atoms with E-state index < -0.39 is 24.5 Å². The van der Waals surface area contributed by atoms with Crippen LogP contribution < -0.4 is 5.32 Å². The van der Waals surface area contributed by atoms with Gasteiger partial charge in [0.1, 0.15) is 6.42 Å². The summed E-state index contributed by atoms with van der Waals surface area (Å²) in [6.45, 7) is 1.21. The largest absolute Gasteiger partial charge is 0.397 e. The van der Waals surface area contributed by atoms with Gasteiger partial charge in [0.2, 0.25) is 5.91 Å². The summed E-state index contributed by atoms with van der Waals surface area (Å²) < 4.78 is 36.9. The molecule has 1 unspecified atom stereocenters. The molecule has 0 spiro atoms. The quantitative estimate of drug-likeness (QED) is 0.908. The lowest BCUT2D eigenvalue weighted by atomic mass is 10.0. The Kier molecular flexibility index (Phi) is 5.76. The number of rotatable bonds is 2. The Bertz CT molecular complexity index is 441. The molecule has 0 saturated carbocycles. The van der Waals surface area contributed by atoms with Crippen LogP contribution in [0.4, 0.5) is 13.2 Å². The molecule has 1 saturated heterocycles. The van der Waals surface area contributed by atoms with Crippen molar-refractivity contribution in [1.82, 2.24) is 15.2 Å². The number of hydrogen-bond acceptors (Lipinski definition) is 3. The molecule has 0 aromatic carbocycles. The zero-order valence-electron chi connectivity index (χ0n) is 10.6. The summed E-state index contributed by atoms with van der Waals surface area (Å²) in [4.78, 5) is 17.0. The van der Waals surface area contributed by atoms with E-state index in [0.717, 1.165) is 5.56 Å². The van der Waals surface area contributed by atoms with Crippen molar-refractivity contribution in [2.75, 3.05) is 19.6 Å². The van der Waals surface area contributed by atoms with E-state index in [0.29, 0.717) is 13.1 Å². The number of alkyl halides is 3. The molecule has 0 bridgehead atoms. The number of carbonyl (C=O) groups excluding carboxylic acids is 1. The number of pyridine rings is 1. The molecule has 2 heterocycles. The lowest BCUT2D eigenvalue weighted by Gasteiger charge is -2.36. The number of halogens is 4. The molecule has 2 rings (SSSR count). The van der Waals surface area contributed by atoms with Gasteiger partial charge in [0.25, 0.3) is 0 Å². The summed E-state index contributed by atoms with van der Waals surface area (Å²) >= 11 is 0. The minimum absolute atomic E-state index is 0. The Hall–Kier alpha value is -1.34. The number of aromatic nitrogens is 1. The molecule has 112 valence electrons. The Balaban J connectivity index is 0.00000200. The van der Waals surface area contributed by atoms with E-state index in [-0.39, 0.29) is 19.0 Å². The minimum atomic E-state index is -4.47. The highest BCUT2D eigenvalue weighted by Gasteiger charge is 2.36. The van der Waals surface area contributed by atoms with Crippen molar-refractivity contribution in [3.05, 3.63) is 30.1 Å². The van der Waals surface area contributed by atoms with Crippen LogP contribution in [-0.4, -0.2) is 41.6 Å². The first-order valence-corrected chi connectivity index (χ1v) is 5.94. The molecular formula is C12H15ClF3N3O. The Morgan fingerprint density at radius 3 is 2.85 bits per heavy atom.